The number of fused-ring (bicyclic) bond motifs is 3. The molecule has 110 valence electrons. The van der Waals surface area contributed by atoms with E-state index in [1.165, 1.54) is 5.56 Å². The molecule has 0 heterocycles. The van der Waals surface area contributed by atoms with Gasteiger partial charge in [-0.15, -0.1) is 0 Å². The molecule has 1 N–H and O–H groups in total. The fourth-order valence-electron chi connectivity index (χ4n) is 3.31. The molecule has 0 saturated heterocycles. The molecule has 1 heteroatoms. The first-order chi connectivity index (χ1) is 10.5. The minimum absolute atomic E-state index is 0.0970. The molecule has 0 aliphatic heterocycles. The Balaban J connectivity index is 2.25. The number of benzene rings is 2. The summed E-state index contributed by atoms with van der Waals surface area (Å²) in [5, 5.41) is 10.8. The van der Waals surface area contributed by atoms with Gasteiger partial charge in [0, 0.05) is 16.5 Å². The lowest BCUT2D eigenvalue weighted by Gasteiger charge is -2.21. The lowest BCUT2D eigenvalue weighted by atomic mass is 9.82. The van der Waals surface area contributed by atoms with Gasteiger partial charge in [-0.05, 0) is 22.3 Å². The van der Waals surface area contributed by atoms with Crippen LogP contribution < -0.4 is 0 Å². The minimum atomic E-state index is -0.0970. The maximum Gasteiger partial charge on any atom is 0.131 e. The van der Waals surface area contributed by atoms with Crippen molar-refractivity contribution in [1.82, 2.24) is 0 Å². The van der Waals surface area contributed by atoms with Crippen LogP contribution in [0.15, 0.2) is 67.8 Å². The average Bonchev–Trinajstić information content (AvgIpc) is 2.75. The van der Waals surface area contributed by atoms with Crippen LogP contribution in [0.25, 0.3) is 16.7 Å². The van der Waals surface area contributed by atoms with Gasteiger partial charge >= 0.3 is 0 Å². The van der Waals surface area contributed by atoms with Crippen molar-refractivity contribution in [1.29, 1.82) is 0 Å². The molecule has 1 aliphatic carbocycles. The monoisotopic (exact) mass is 288 g/mol. The number of aromatic hydroxyl groups is 1. The van der Waals surface area contributed by atoms with Crippen molar-refractivity contribution in [3.8, 4) is 16.9 Å². The first-order valence-corrected chi connectivity index (χ1v) is 7.43. The molecule has 2 aromatic carbocycles. The maximum atomic E-state index is 10.8. The topological polar surface area (TPSA) is 20.2 Å². The van der Waals surface area contributed by atoms with Crippen LogP contribution in [0.1, 0.15) is 30.5 Å². The molecule has 0 fully saturated rings. The quantitative estimate of drug-likeness (QED) is 0.744. The Bertz CT molecular complexity index is 807. The SMILES string of the molecule is C=C/C=C\C(=C)c1ccc2c(c1O)-c1ccccc1C2(C)C. The number of phenols is 1. The van der Waals surface area contributed by atoms with Crippen LogP contribution in [0.2, 0.25) is 0 Å². The summed E-state index contributed by atoms with van der Waals surface area (Å²) in [4.78, 5) is 0. The number of rotatable bonds is 3. The molecule has 0 saturated carbocycles. The second-order valence-corrected chi connectivity index (χ2v) is 6.17. The van der Waals surface area contributed by atoms with Crippen LogP contribution in [0.3, 0.4) is 0 Å². The van der Waals surface area contributed by atoms with Crippen molar-refractivity contribution in [2.75, 3.05) is 0 Å². The zero-order chi connectivity index (χ0) is 15.9. The van der Waals surface area contributed by atoms with E-state index in [0.717, 1.165) is 27.8 Å². The second kappa shape index (κ2) is 5.03. The molecule has 22 heavy (non-hydrogen) atoms. The largest absolute Gasteiger partial charge is 0.507 e. The van der Waals surface area contributed by atoms with Crippen molar-refractivity contribution in [3.63, 3.8) is 0 Å². The third-order valence-electron chi connectivity index (χ3n) is 4.50. The highest BCUT2D eigenvalue weighted by Crippen LogP contribution is 2.53. The molecule has 0 atom stereocenters. The van der Waals surface area contributed by atoms with E-state index in [-0.39, 0.29) is 5.41 Å². The molecule has 0 unspecified atom stereocenters. The fraction of sp³-hybridized carbons (Fsp3) is 0.143. The molecule has 2 aromatic rings. The zero-order valence-electron chi connectivity index (χ0n) is 13.1. The molecule has 1 nitrogen and oxygen atoms in total. The van der Waals surface area contributed by atoms with Crippen LogP contribution in [-0.4, -0.2) is 5.11 Å². The number of hydrogen-bond donors (Lipinski definition) is 1. The Kier molecular flexibility index (Phi) is 3.29. The third kappa shape index (κ3) is 1.93. The van der Waals surface area contributed by atoms with Gasteiger partial charge in [-0.1, -0.05) is 81.6 Å². The predicted molar refractivity (Wildman–Crippen MR) is 94.0 cm³/mol. The van der Waals surface area contributed by atoms with E-state index < -0.39 is 0 Å². The summed E-state index contributed by atoms with van der Waals surface area (Å²) in [7, 11) is 0. The highest BCUT2D eigenvalue weighted by molar-refractivity contribution is 5.90. The van der Waals surface area contributed by atoms with Gasteiger partial charge in [0.05, 0.1) is 0 Å². The standard InChI is InChI=1S/C21H20O/c1-5-6-9-14(2)15-12-13-18-19(20(15)22)16-10-7-8-11-17(16)21(18,3)4/h5-13,22H,1-2H2,3-4H3/b9-6-. The van der Waals surface area contributed by atoms with Crippen LogP contribution in [0.5, 0.6) is 5.75 Å². The lowest BCUT2D eigenvalue weighted by molar-refractivity contribution is 0.474. The summed E-state index contributed by atoms with van der Waals surface area (Å²) in [6, 6.07) is 12.4. The molecule has 0 bridgehead atoms. The van der Waals surface area contributed by atoms with Gasteiger partial charge in [0.15, 0.2) is 0 Å². The molecule has 3 rings (SSSR count). The van der Waals surface area contributed by atoms with Crippen molar-refractivity contribution in [3.05, 3.63) is 84.5 Å². The van der Waals surface area contributed by atoms with Crippen molar-refractivity contribution in [2.45, 2.75) is 19.3 Å². The second-order valence-electron chi connectivity index (χ2n) is 6.17. The van der Waals surface area contributed by atoms with Crippen LogP contribution in [0, 0.1) is 0 Å². The van der Waals surface area contributed by atoms with E-state index >= 15 is 0 Å². The molecular weight excluding hydrogens is 268 g/mol. The fourth-order valence-corrected chi connectivity index (χ4v) is 3.31. The van der Waals surface area contributed by atoms with Gasteiger partial charge in [0.2, 0.25) is 0 Å². The highest BCUT2D eigenvalue weighted by Gasteiger charge is 2.37. The summed E-state index contributed by atoms with van der Waals surface area (Å²) in [5.41, 5.74) is 5.92. The van der Waals surface area contributed by atoms with Gasteiger partial charge in [-0.3, -0.25) is 0 Å². The van der Waals surface area contributed by atoms with Gasteiger partial charge in [-0.25, -0.2) is 0 Å². The highest BCUT2D eigenvalue weighted by atomic mass is 16.3. The molecule has 1 aliphatic rings. The first-order valence-electron chi connectivity index (χ1n) is 7.43. The summed E-state index contributed by atoms with van der Waals surface area (Å²) in [6.45, 7) is 12.1. The van der Waals surface area contributed by atoms with Crippen molar-refractivity contribution < 1.29 is 5.11 Å². The van der Waals surface area contributed by atoms with Crippen LogP contribution >= 0.6 is 0 Å². The van der Waals surface area contributed by atoms with Gasteiger partial charge in [0.25, 0.3) is 0 Å². The van der Waals surface area contributed by atoms with E-state index in [4.69, 9.17) is 0 Å². The van der Waals surface area contributed by atoms with Gasteiger partial charge < -0.3 is 5.11 Å². The molecule has 0 radical (unpaired) electrons. The average molecular weight is 288 g/mol. The number of phenolic OH excluding ortho intramolecular Hbond substituents is 1. The van der Waals surface area contributed by atoms with Gasteiger partial charge in [-0.2, -0.15) is 0 Å². The Hall–Kier alpha value is -2.54. The Morgan fingerprint density at radius 3 is 2.55 bits per heavy atom. The van der Waals surface area contributed by atoms with Crippen molar-refractivity contribution >= 4 is 5.57 Å². The number of allylic oxidation sites excluding steroid dienone is 4. The minimum Gasteiger partial charge on any atom is -0.507 e. The molecule has 0 spiro atoms. The number of hydrogen-bond acceptors (Lipinski definition) is 1. The van der Waals surface area contributed by atoms with Crippen LogP contribution in [0.4, 0.5) is 0 Å². The zero-order valence-corrected chi connectivity index (χ0v) is 13.1. The summed E-state index contributed by atoms with van der Waals surface area (Å²) >= 11 is 0. The van der Waals surface area contributed by atoms with Crippen molar-refractivity contribution in [2.24, 2.45) is 0 Å². The van der Waals surface area contributed by atoms with E-state index in [2.05, 4.69) is 51.3 Å². The summed E-state index contributed by atoms with van der Waals surface area (Å²) in [5.74, 6) is 0.314. The third-order valence-corrected chi connectivity index (χ3v) is 4.50. The van der Waals surface area contributed by atoms with E-state index in [0.29, 0.717) is 5.75 Å². The first kappa shape index (κ1) is 14.4. The van der Waals surface area contributed by atoms with E-state index in [1.54, 1.807) is 6.08 Å². The molecule has 0 aromatic heterocycles. The summed E-state index contributed by atoms with van der Waals surface area (Å²) < 4.78 is 0. The molecular formula is C21H20O. The van der Waals surface area contributed by atoms with Crippen LogP contribution in [-0.2, 0) is 5.41 Å². The lowest BCUT2D eigenvalue weighted by Crippen LogP contribution is -2.14. The van der Waals surface area contributed by atoms with E-state index in [9.17, 15) is 5.11 Å². The summed E-state index contributed by atoms with van der Waals surface area (Å²) in [6.07, 6.45) is 5.39. The predicted octanol–water partition coefficient (Wildman–Crippen LogP) is 5.45. The van der Waals surface area contributed by atoms with Gasteiger partial charge in [0.1, 0.15) is 5.75 Å². The smallest absolute Gasteiger partial charge is 0.131 e. The Labute approximate surface area is 131 Å². The normalized spacial score (nSPS) is 14.6. The Morgan fingerprint density at radius 2 is 1.82 bits per heavy atom. The van der Waals surface area contributed by atoms with E-state index in [1.807, 2.05) is 24.3 Å². The Morgan fingerprint density at radius 1 is 1.09 bits per heavy atom. The maximum absolute atomic E-state index is 10.8. The molecule has 0 amide bonds.